The first-order chi connectivity index (χ1) is 6.52. The number of carboxylic acid groups (broad SMARTS) is 1. The van der Waals surface area contributed by atoms with Crippen molar-refractivity contribution in [1.82, 2.24) is 0 Å². The summed E-state index contributed by atoms with van der Waals surface area (Å²) in [7, 11) is 0. The first-order valence-electron chi connectivity index (χ1n) is 3.86. The van der Waals surface area contributed by atoms with Crippen molar-refractivity contribution in [3.8, 4) is 0 Å². The van der Waals surface area contributed by atoms with Crippen molar-refractivity contribution < 1.29 is 14.3 Å². The largest absolute Gasteiger partial charge is 0.481 e. The topological polar surface area (TPSA) is 37.3 Å². The second kappa shape index (κ2) is 4.75. The van der Waals surface area contributed by atoms with Crippen molar-refractivity contribution in [2.45, 2.75) is 12.8 Å². The number of rotatable bonds is 3. The summed E-state index contributed by atoms with van der Waals surface area (Å²) in [4.78, 5) is 10.3. The maximum absolute atomic E-state index is 12.9. The Morgan fingerprint density at radius 2 is 2.21 bits per heavy atom. The van der Waals surface area contributed by atoms with Gasteiger partial charge in [-0.3, -0.25) is 4.79 Å². The highest BCUT2D eigenvalue weighted by Crippen LogP contribution is 2.29. The van der Waals surface area contributed by atoms with Crippen LogP contribution in [0.5, 0.6) is 0 Å². The van der Waals surface area contributed by atoms with Gasteiger partial charge in [-0.1, -0.05) is 17.7 Å². The standard InChI is InChI=1S/C9H7BrClFO2/c10-8-6(12)3-1-5(9(8)11)2-4-7(13)14/h1,3H,2,4H2,(H,13,14). The van der Waals surface area contributed by atoms with Crippen LogP contribution in [0.4, 0.5) is 4.39 Å². The van der Waals surface area contributed by atoms with Crippen molar-refractivity contribution in [2.75, 3.05) is 0 Å². The summed E-state index contributed by atoms with van der Waals surface area (Å²) in [6, 6.07) is 2.75. The van der Waals surface area contributed by atoms with Gasteiger partial charge in [-0.05, 0) is 34.0 Å². The molecule has 0 saturated heterocycles. The third kappa shape index (κ3) is 2.69. The number of carbonyl (C=O) groups is 1. The monoisotopic (exact) mass is 280 g/mol. The lowest BCUT2D eigenvalue weighted by Crippen LogP contribution is -1.98. The number of aliphatic carboxylic acids is 1. The molecule has 1 aromatic rings. The minimum absolute atomic E-state index is 0.0161. The van der Waals surface area contributed by atoms with Gasteiger partial charge in [-0.2, -0.15) is 0 Å². The van der Waals surface area contributed by atoms with Gasteiger partial charge in [0.15, 0.2) is 0 Å². The van der Waals surface area contributed by atoms with Gasteiger partial charge >= 0.3 is 5.97 Å². The highest BCUT2D eigenvalue weighted by molar-refractivity contribution is 9.10. The van der Waals surface area contributed by atoms with Crippen LogP contribution < -0.4 is 0 Å². The first-order valence-corrected chi connectivity index (χ1v) is 5.03. The second-order valence-corrected chi connectivity index (χ2v) is 3.90. The molecule has 0 radical (unpaired) electrons. The van der Waals surface area contributed by atoms with E-state index >= 15 is 0 Å². The second-order valence-electron chi connectivity index (χ2n) is 2.73. The van der Waals surface area contributed by atoms with Crippen molar-refractivity contribution >= 4 is 33.5 Å². The van der Waals surface area contributed by atoms with Crippen LogP contribution in [0, 0.1) is 5.82 Å². The minimum atomic E-state index is -0.901. The summed E-state index contributed by atoms with van der Waals surface area (Å²) < 4.78 is 13.1. The average Bonchev–Trinajstić information content (AvgIpc) is 2.13. The van der Waals surface area contributed by atoms with Gasteiger partial charge < -0.3 is 5.11 Å². The van der Waals surface area contributed by atoms with Crippen LogP contribution in [0.25, 0.3) is 0 Å². The van der Waals surface area contributed by atoms with E-state index in [9.17, 15) is 9.18 Å². The van der Waals surface area contributed by atoms with E-state index in [1.54, 1.807) is 0 Å². The molecule has 1 N–H and O–H groups in total. The molecule has 76 valence electrons. The van der Waals surface area contributed by atoms with Crippen LogP contribution in [0.15, 0.2) is 16.6 Å². The molecule has 0 aromatic heterocycles. The molecule has 1 rings (SSSR count). The van der Waals surface area contributed by atoms with E-state index in [0.717, 1.165) is 0 Å². The van der Waals surface area contributed by atoms with Crippen LogP contribution in [-0.2, 0) is 11.2 Å². The molecule has 0 heterocycles. The third-order valence-corrected chi connectivity index (χ3v) is 3.16. The lowest BCUT2D eigenvalue weighted by Gasteiger charge is -2.04. The Morgan fingerprint density at radius 3 is 2.79 bits per heavy atom. The first kappa shape index (κ1) is 11.5. The quantitative estimate of drug-likeness (QED) is 0.864. The molecule has 2 nitrogen and oxygen atoms in total. The highest BCUT2D eigenvalue weighted by atomic mass is 79.9. The summed E-state index contributed by atoms with van der Waals surface area (Å²) in [5.41, 5.74) is 0.627. The lowest BCUT2D eigenvalue weighted by atomic mass is 10.1. The predicted octanol–water partition coefficient (Wildman–Crippen LogP) is 3.26. The zero-order valence-electron chi connectivity index (χ0n) is 7.06. The summed E-state index contributed by atoms with van der Waals surface area (Å²) in [6.45, 7) is 0. The summed E-state index contributed by atoms with van der Waals surface area (Å²) >= 11 is 8.78. The molecule has 0 aliphatic rings. The minimum Gasteiger partial charge on any atom is -0.481 e. The van der Waals surface area contributed by atoms with Crippen LogP contribution in [-0.4, -0.2) is 11.1 Å². The number of halogens is 3. The van der Waals surface area contributed by atoms with Gasteiger partial charge in [0.05, 0.1) is 9.50 Å². The van der Waals surface area contributed by atoms with E-state index in [-0.39, 0.29) is 15.9 Å². The molecule has 0 bridgehead atoms. The Morgan fingerprint density at radius 1 is 1.57 bits per heavy atom. The Kier molecular flexibility index (Phi) is 3.89. The molecule has 0 fully saturated rings. The van der Waals surface area contributed by atoms with E-state index in [0.29, 0.717) is 12.0 Å². The number of hydrogen-bond acceptors (Lipinski definition) is 1. The molecule has 0 unspecified atom stereocenters. The smallest absolute Gasteiger partial charge is 0.303 e. The molecular formula is C9H7BrClFO2. The Hall–Kier alpha value is -0.610. The number of aryl methyl sites for hydroxylation is 1. The van der Waals surface area contributed by atoms with E-state index in [2.05, 4.69) is 15.9 Å². The maximum atomic E-state index is 12.9. The fourth-order valence-corrected chi connectivity index (χ4v) is 1.64. The summed E-state index contributed by atoms with van der Waals surface area (Å²) in [6.07, 6.45) is 0.283. The Balaban J connectivity index is 2.88. The SMILES string of the molecule is O=C(O)CCc1ccc(F)c(Br)c1Cl. The van der Waals surface area contributed by atoms with Gasteiger partial charge in [0.2, 0.25) is 0 Å². The van der Waals surface area contributed by atoms with E-state index in [1.165, 1.54) is 12.1 Å². The van der Waals surface area contributed by atoms with Crippen LogP contribution in [0.2, 0.25) is 5.02 Å². The Bertz CT molecular complexity index is 368. The molecule has 14 heavy (non-hydrogen) atoms. The van der Waals surface area contributed by atoms with Gasteiger partial charge in [0, 0.05) is 6.42 Å². The van der Waals surface area contributed by atoms with Gasteiger partial charge in [-0.25, -0.2) is 4.39 Å². The predicted molar refractivity (Wildman–Crippen MR) is 55.1 cm³/mol. The maximum Gasteiger partial charge on any atom is 0.303 e. The highest BCUT2D eigenvalue weighted by Gasteiger charge is 2.10. The lowest BCUT2D eigenvalue weighted by molar-refractivity contribution is -0.136. The molecule has 0 aliphatic heterocycles. The fraction of sp³-hybridized carbons (Fsp3) is 0.222. The molecule has 0 saturated carbocycles. The molecule has 0 atom stereocenters. The van der Waals surface area contributed by atoms with Crippen LogP contribution in [0.3, 0.4) is 0 Å². The number of carboxylic acids is 1. The van der Waals surface area contributed by atoms with E-state index in [1.807, 2.05) is 0 Å². The molecule has 0 amide bonds. The molecule has 1 aromatic carbocycles. The summed E-state index contributed by atoms with van der Waals surface area (Å²) in [5, 5.41) is 8.70. The zero-order chi connectivity index (χ0) is 10.7. The zero-order valence-corrected chi connectivity index (χ0v) is 9.40. The Labute approximate surface area is 93.8 Å². The number of benzene rings is 1. The number of hydrogen-bond donors (Lipinski definition) is 1. The van der Waals surface area contributed by atoms with E-state index < -0.39 is 11.8 Å². The molecular weight excluding hydrogens is 274 g/mol. The normalized spacial score (nSPS) is 10.2. The van der Waals surface area contributed by atoms with Crippen molar-refractivity contribution in [1.29, 1.82) is 0 Å². The van der Waals surface area contributed by atoms with E-state index in [4.69, 9.17) is 16.7 Å². The van der Waals surface area contributed by atoms with Crippen molar-refractivity contribution in [2.24, 2.45) is 0 Å². The molecule has 0 aliphatic carbocycles. The van der Waals surface area contributed by atoms with Gasteiger partial charge in [-0.15, -0.1) is 0 Å². The van der Waals surface area contributed by atoms with Crippen LogP contribution in [0.1, 0.15) is 12.0 Å². The van der Waals surface area contributed by atoms with Crippen molar-refractivity contribution in [3.05, 3.63) is 33.0 Å². The molecule has 0 spiro atoms. The van der Waals surface area contributed by atoms with Gasteiger partial charge in [0.25, 0.3) is 0 Å². The van der Waals surface area contributed by atoms with Gasteiger partial charge in [0.1, 0.15) is 5.82 Å². The van der Waals surface area contributed by atoms with Crippen molar-refractivity contribution in [3.63, 3.8) is 0 Å². The fourth-order valence-electron chi connectivity index (χ4n) is 1.00. The molecule has 5 heteroatoms. The summed E-state index contributed by atoms with van der Waals surface area (Å²) in [5.74, 6) is -1.35. The average molecular weight is 282 g/mol. The third-order valence-electron chi connectivity index (χ3n) is 1.72. The van der Waals surface area contributed by atoms with Crippen LogP contribution >= 0.6 is 27.5 Å².